The minimum Gasteiger partial charge on any atom is -0.370 e. The van der Waals surface area contributed by atoms with E-state index in [2.05, 4.69) is 10.4 Å². The Morgan fingerprint density at radius 2 is 2.23 bits per heavy atom. The predicted molar refractivity (Wildman–Crippen MR) is 96.3 cm³/mol. The van der Waals surface area contributed by atoms with Crippen LogP contribution in [0.3, 0.4) is 0 Å². The van der Waals surface area contributed by atoms with Crippen LogP contribution in [-0.2, 0) is 38.0 Å². The summed E-state index contributed by atoms with van der Waals surface area (Å²) in [6.45, 7) is 4.26. The molecule has 3 rings (SSSR count). The molecule has 0 unspecified atom stereocenters. The Morgan fingerprint density at radius 1 is 1.42 bits per heavy atom. The Hall–Kier alpha value is -2.12. The monoisotopic (exact) mass is 380 g/mol. The first kappa shape index (κ1) is 18.7. The zero-order valence-electron chi connectivity index (χ0n) is 14.9. The summed E-state index contributed by atoms with van der Waals surface area (Å²) in [4.78, 5) is 13.9. The molecule has 8 heteroatoms. The van der Waals surface area contributed by atoms with Gasteiger partial charge in [0.05, 0.1) is 25.5 Å². The van der Waals surface area contributed by atoms with Crippen molar-refractivity contribution in [2.75, 3.05) is 13.1 Å². The van der Waals surface area contributed by atoms with Crippen LogP contribution in [0.15, 0.2) is 18.2 Å². The van der Waals surface area contributed by atoms with Crippen molar-refractivity contribution in [3.8, 4) is 0 Å². The number of halogens is 2. The molecule has 2 amide bonds. The SMILES string of the molecule is CCNC(=O)N1CCc2c(c(COCc3ccc(F)cc3Cl)nn2C)C1. The number of ether oxygens (including phenoxy) is 1. The lowest BCUT2D eigenvalue weighted by Gasteiger charge is -2.27. The van der Waals surface area contributed by atoms with Gasteiger partial charge in [0, 0.05) is 42.8 Å². The van der Waals surface area contributed by atoms with Gasteiger partial charge in [-0.1, -0.05) is 17.7 Å². The first-order chi connectivity index (χ1) is 12.5. The van der Waals surface area contributed by atoms with Gasteiger partial charge in [-0.3, -0.25) is 4.68 Å². The van der Waals surface area contributed by atoms with Gasteiger partial charge in [0.1, 0.15) is 5.82 Å². The molecule has 2 aromatic rings. The van der Waals surface area contributed by atoms with Crippen molar-refractivity contribution in [2.24, 2.45) is 7.05 Å². The van der Waals surface area contributed by atoms with E-state index in [0.29, 0.717) is 31.3 Å². The van der Waals surface area contributed by atoms with Crippen LogP contribution in [0.25, 0.3) is 0 Å². The highest BCUT2D eigenvalue weighted by atomic mass is 35.5. The van der Waals surface area contributed by atoms with Gasteiger partial charge >= 0.3 is 6.03 Å². The van der Waals surface area contributed by atoms with Crippen LogP contribution in [-0.4, -0.2) is 33.8 Å². The number of carbonyl (C=O) groups excluding carboxylic acids is 1. The second-order valence-corrected chi connectivity index (χ2v) is 6.64. The first-order valence-corrected chi connectivity index (χ1v) is 8.95. The molecule has 1 aliphatic heterocycles. The number of urea groups is 1. The van der Waals surface area contributed by atoms with Crippen molar-refractivity contribution < 1.29 is 13.9 Å². The minimum atomic E-state index is -0.372. The summed E-state index contributed by atoms with van der Waals surface area (Å²) in [6, 6.07) is 4.18. The Balaban J connectivity index is 1.67. The molecule has 2 heterocycles. The highest BCUT2D eigenvalue weighted by Crippen LogP contribution is 2.24. The van der Waals surface area contributed by atoms with Crippen LogP contribution in [0.5, 0.6) is 0 Å². The van der Waals surface area contributed by atoms with E-state index >= 15 is 0 Å². The molecule has 1 aromatic carbocycles. The molecule has 0 saturated carbocycles. The Morgan fingerprint density at radius 3 is 2.96 bits per heavy atom. The van der Waals surface area contributed by atoms with E-state index in [4.69, 9.17) is 16.3 Å². The smallest absolute Gasteiger partial charge is 0.317 e. The van der Waals surface area contributed by atoms with Crippen LogP contribution in [0.4, 0.5) is 9.18 Å². The summed E-state index contributed by atoms with van der Waals surface area (Å²) in [5.41, 5.74) is 3.70. The second-order valence-electron chi connectivity index (χ2n) is 6.23. The number of aromatic nitrogens is 2. The standard InChI is InChI=1S/C18H22ClFN4O2/c1-3-21-18(25)24-7-6-17-14(9-24)16(22-23(17)2)11-26-10-12-4-5-13(20)8-15(12)19/h4-5,8H,3,6-7,9-11H2,1-2H3,(H,21,25). The fourth-order valence-corrected chi connectivity index (χ4v) is 3.34. The third kappa shape index (κ3) is 3.99. The van der Waals surface area contributed by atoms with Crippen molar-refractivity contribution in [1.82, 2.24) is 20.0 Å². The summed E-state index contributed by atoms with van der Waals surface area (Å²) < 4.78 is 20.7. The fraction of sp³-hybridized carbons (Fsp3) is 0.444. The summed E-state index contributed by atoms with van der Waals surface area (Å²) in [7, 11) is 1.90. The van der Waals surface area contributed by atoms with Crippen LogP contribution < -0.4 is 5.32 Å². The van der Waals surface area contributed by atoms with E-state index in [0.717, 1.165) is 28.9 Å². The average Bonchev–Trinajstić information content (AvgIpc) is 2.92. The van der Waals surface area contributed by atoms with E-state index < -0.39 is 0 Å². The normalized spacial score (nSPS) is 13.6. The van der Waals surface area contributed by atoms with Gasteiger partial charge in [0.25, 0.3) is 0 Å². The molecule has 1 aliphatic rings. The van der Waals surface area contributed by atoms with E-state index in [1.54, 1.807) is 11.0 Å². The van der Waals surface area contributed by atoms with Gasteiger partial charge in [-0.2, -0.15) is 5.10 Å². The highest BCUT2D eigenvalue weighted by Gasteiger charge is 2.26. The number of carbonyl (C=O) groups is 1. The largest absolute Gasteiger partial charge is 0.370 e. The molecule has 0 fully saturated rings. The lowest BCUT2D eigenvalue weighted by atomic mass is 10.1. The Labute approximate surface area is 156 Å². The van der Waals surface area contributed by atoms with Gasteiger partial charge in [0.2, 0.25) is 0 Å². The highest BCUT2D eigenvalue weighted by molar-refractivity contribution is 6.31. The van der Waals surface area contributed by atoms with Crippen molar-refractivity contribution in [3.05, 3.63) is 51.6 Å². The number of hydrogen-bond acceptors (Lipinski definition) is 3. The predicted octanol–water partition coefficient (Wildman–Crippen LogP) is 3.02. The Bertz CT molecular complexity index is 809. The van der Waals surface area contributed by atoms with Crippen molar-refractivity contribution in [2.45, 2.75) is 33.1 Å². The summed E-state index contributed by atoms with van der Waals surface area (Å²) in [6.07, 6.45) is 0.764. The molecule has 0 radical (unpaired) electrons. The number of nitrogens with one attached hydrogen (secondary N) is 1. The number of rotatable bonds is 5. The van der Waals surface area contributed by atoms with Gasteiger partial charge in [-0.05, 0) is 24.6 Å². The number of amides is 2. The van der Waals surface area contributed by atoms with Gasteiger partial charge in [0.15, 0.2) is 0 Å². The number of benzene rings is 1. The maximum atomic E-state index is 13.1. The van der Waals surface area contributed by atoms with E-state index in [1.165, 1.54) is 12.1 Å². The lowest BCUT2D eigenvalue weighted by Crippen LogP contribution is -2.42. The lowest BCUT2D eigenvalue weighted by molar-refractivity contribution is 0.103. The van der Waals surface area contributed by atoms with Crippen LogP contribution in [0.2, 0.25) is 5.02 Å². The molecule has 6 nitrogen and oxygen atoms in total. The van der Waals surface area contributed by atoms with Crippen LogP contribution in [0, 0.1) is 5.82 Å². The molecule has 0 saturated heterocycles. The first-order valence-electron chi connectivity index (χ1n) is 8.57. The van der Waals surface area contributed by atoms with Gasteiger partial charge < -0.3 is 15.0 Å². The number of nitrogens with zero attached hydrogens (tertiary/aromatic N) is 3. The third-order valence-electron chi connectivity index (χ3n) is 4.45. The molecule has 140 valence electrons. The van der Waals surface area contributed by atoms with Crippen LogP contribution >= 0.6 is 11.6 Å². The van der Waals surface area contributed by atoms with Crippen molar-refractivity contribution >= 4 is 17.6 Å². The maximum Gasteiger partial charge on any atom is 0.317 e. The average molecular weight is 381 g/mol. The van der Waals surface area contributed by atoms with E-state index in [-0.39, 0.29) is 18.5 Å². The summed E-state index contributed by atoms with van der Waals surface area (Å²) in [5.74, 6) is -0.372. The molecule has 0 bridgehead atoms. The minimum absolute atomic E-state index is 0.0630. The summed E-state index contributed by atoms with van der Waals surface area (Å²) >= 11 is 6.02. The maximum absolute atomic E-state index is 13.1. The summed E-state index contributed by atoms with van der Waals surface area (Å²) in [5, 5.41) is 7.71. The van der Waals surface area contributed by atoms with Crippen molar-refractivity contribution in [1.29, 1.82) is 0 Å². The quantitative estimate of drug-likeness (QED) is 0.867. The second kappa shape index (κ2) is 8.05. The fourth-order valence-electron chi connectivity index (χ4n) is 3.12. The van der Waals surface area contributed by atoms with Crippen molar-refractivity contribution in [3.63, 3.8) is 0 Å². The van der Waals surface area contributed by atoms with Gasteiger partial charge in [-0.25, -0.2) is 9.18 Å². The molecule has 0 spiro atoms. The topological polar surface area (TPSA) is 59.4 Å². The third-order valence-corrected chi connectivity index (χ3v) is 4.80. The number of fused-ring (bicyclic) bond motifs is 1. The van der Waals surface area contributed by atoms with E-state index in [9.17, 15) is 9.18 Å². The zero-order valence-corrected chi connectivity index (χ0v) is 15.6. The molecule has 26 heavy (non-hydrogen) atoms. The Kier molecular flexibility index (Phi) is 5.78. The molecule has 0 atom stereocenters. The molecule has 1 aromatic heterocycles. The van der Waals surface area contributed by atoms with E-state index in [1.807, 2.05) is 18.7 Å². The molecular weight excluding hydrogens is 359 g/mol. The van der Waals surface area contributed by atoms with Crippen LogP contribution in [0.1, 0.15) is 29.4 Å². The number of hydrogen-bond donors (Lipinski definition) is 1. The molecule has 0 aliphatic carbocycles. The van der Waals surface area contributed by atoms with Gasteiger partial charge in [-0.15, -0.1) is 0 Å². The number of aryl methyl sites for hydroxylation is 1. The zero-order chi connectivity index (χ0) is 18.7. The molecule has 1 N–H and O–H groups in total. The molecular formula is C18H22ClFN4O2.